The molecule has 2 aromatic carbocycles. The number of hydrogen-bond donors (Lipinski definition) is 0. The van der Waals surface area contributed by atoms with Gasteiger partial charge in [0.2, 0.25) is 11.7 Å². The van der Waals surface area contributed by atoms with E-state index >= 15 is 0 Å². The number of nitrogens with zero attached hydrogens (tertiary/aromatic N) is 6. The smallest absolute Gasteiger partial charge is 0.253 e. The van der Waals surface area contributed by atoms with Crippen LogP contribution >= 0.6 is 0 Å². The van der Waals surface area contributed by atoms with E-state index < -0.39 is 0 Å². The van der Waals surface area contributed by atoms with Gasteiger partial charge in [-0.1, -0.05) is 48.5 Å². The van der Waals surface area contributed by atoms with Crippen molar-refractivity contribution >= 4 is 11.8 Å². The third kappa shape index (κ3) is 5.33. The average molecular weight is 419 g/mol. The van der Waals surface area contributed by atoms with Gasteiger partial charge in [0, 0.05) is 43.7 Å². The van der Waals surface area contributed by atoms with Gasteiger partial charge in [0.05, 0.1) is 6.54 Å². The SMILES string of the molecule is O=C(CCCn1nnc(-c2ccccc2)n1)N1CCCN(C(=O)c2ccccc2)CC1. The van der Waals surface area contributed by atoms with Crippen LogP contribution in [0.3, 0.4) is 0 Å². The van der Waals surface area contributed by atoms with Crippen LogP contribution in [-0.4, -0.2) is 68.0 Å². The molecule has 3 aromatic rings. The molecule has 1 aliphatic heterocycles. The molecule has 8 nitrogen and oxygen atoms in total. The van der Waals surface area contributed by atoms with Crippen LogP contribution < -0.4 is 0 Å². The molecule has 2 heterocycles. The van der Waals surface area contributed by atoms with E-state index in [0.29, 0.717) is 57.0 Å². The first kappa shape index (κ1) is 20.7. The summed E-state index contributed by atoms with van der Waals surface area (Å²) in [6.07, 6.45) is 1.86. The minimum absolute atomic E-state index is 0.0291. The standard InChI is InChI=1S/C23H26N6O2/c30-21(13-7-16-29-25-22(24-26-29)19-9-3-1-4-10-19)27-14-8-15-28(18-17-27)23(31)20-11-5-2-6-12-20/h1-6,9-12H,7-8,13-18H2. The molecule has 1 aliphatic rings. The summed E-state index contributed by atoms with van der Waals surface area (Å²) in [5.41, 5.74) is 1.61. The van der Waals surface area contributed by atoms with Crippen molar-refractivity contribution in [2.75, 3.05) is 26.2 Å². The lowest BCUT2D eigenvalue weighted by atomic mass is 10.2. The quantitative estimate of drug-likeness (QED) is 0.614. The van der Waals surface area contributed by atoms with Crippen molar-refractivity contribution in [1.29, 1.82) is 0 Å². The molecule has 8 heteroatoms. The Kier molecular flexibility index (Phi) is 6.66. The number of tetrazole rings is 1. The van der Waals surface area contributed by atoms with E-state index in [1.807, 2.05) is 70.5 Å². The summed E-state index contributed by atoms with van der Waals surface area (Å²) in [5.74, 6) is 0.724. The summed E-state index contributed by atoms with van der Waals surface area (Å²) < 4.78 is 0. The Morgan fingerprint density at radius 3 is 2.29 bits per heavy atom. The molecule has 0 unspecified atom stereocenters. The van der Waals surface area contributed by atoms with Gasteiger partial charge in [-0.05, 0) is 30.2 Å². The number of carbonyl (C=O) groups is 2. The van der Waals surface area contributed by atoms with E-state index in [0.717, 1.165) is 12.0 Å². The molecule has 0 bridgehead atoms. The molecular weight excluding hydrogens is 392 g/mol. The van der Waals surface area contributed by atoms with Crippen molar-refractivity contribution in [2.45, 2.75) is 25.8 Å². The molecule has 4 rings (SSSR count). The Morgan fingerprint density at radius 1 is 0.839 bits per heavy atom. The largest absolute Gasteiger partial charge is 0.341 e. The number of rotatable bonds is 6. The van der Waals surface area contributed by atoms with E-state index in [2.05, 4.69) is 15.4 Å². The molecular formula is C23H26N6O2. The monoisotopic (exact) mass is 418 g/mol. The summed E-state index contributed by atoms with van der Waals surface area (Å²) in [6, 6.07) is 19.0. The molecule has 0 atom stereocenters. The van der Waals surface area contributed by atoms with Crippen LogP contribution in [-0.2, 0) is 11.3 Å². The Balaban J connectivity index is 1.24. The Bertz CT molecular complexity index is 1010. The van der Waals surface area contributed by atoms with Crippen molar-refractivity contribution in [2.24, 2.45) is 0 Å². The maximum Gasteiger partial charge on any atom is 0.253 e. The molecule has 0 spiro atoms. The van der Waals surface area contributed by atoms with Crippen LogP contribution in [0, 0.1) is 0 Å². The van der Waals surface area contributed by atoms with E-state index in [1.54, 1.807) is 0 Å². The van der Waals surface area contributed by atoms with Crippen LogP contribution in [0.2, 0.25) is 0 Å². The highest BCUT2D eigenvalue weighted by Gasteiger charge is 2.22. The van der Waals surface area contributed by atoms with Crippen LogP contribution in [0.1, 0.15) is 29.6 Å². The van der Waals surface area contributed by atoms with Crippen LogP contribution in [0.4, 0.5) is 0 Å². The topological polar surface area (TPSA) is 84.2 Å². The van der Waals surface area contributed by atoms with E-state index in [4.69, 9.17) is 0 Å². The van der Waals surface area contributed by atoms with Crippen molar-refractivity contribution in [3.63, 3.8) is 0 Å². The minimum Gasteiger partial charge on any atom is -0.341 e. The molecule has 1 fully saturated rings. The van der Waals surface area contributed by atoms with Gasteiger partial charge >= 0.3 is 0 Å². The first-order valence-electron chi connectivity index (χ1n) is 10.7. The predicted molar refractivity (Wildman–Crippen MR) is 116 cm³/mol. The van der Waals surface area contributed by atoms with Gasteiger partial charge in [-0.2, -0.15) is 4.80 Å². The summed E-state index contributed by atoms with van der Waals surface area (Å²) in [6.45, 7) is 3.01. The predicted octanol–water partition coefficient (Wildman–Crippen LogP) is 2.50. The fraction of sp³-hybridized carbons (Fsp3) is 0.348. The second-order valence-electron chi connectivity index (χ2n) is 7.57. The summed E-state index contributed by atoms with van der Waals surface area (Å²) in [5, 5.41) is 12.6. The van der Waals surface area contributed by atoms with Gasteiger partial charge in [0.1, 0.15) is 0 Å². The molecule has 160 valence electrons. The second-order valence-corrected chi connectivity index (χ2v) is 7.57. The van der Waals surface area contributed by atoms with Crippen molar-refractivity contribution < 1.29 is 9.59 Å². The van der Waals surface area contributed by atoms with Crippen molar-refractivity contribution in [3.05, 3.63) is 66.2 Å². The van der Waals surface area contributed by atoms with Gasteiger partial charge < -0.3 is 9.80 Å². The maximum absolute atomic E-state index is 12.7. The lowest BCUT2D eigenvalue weighted by Gasteiger charge is -2.22. The van der Waals surface area contributed by atoms with Crippen LogP contribution in [0.25, 0.3) is 11.4 Å². The number of aromatic nitrogens is 4. The number of amides is 2. The molecule has 1 aromatic heterocycles. The first-order valence-corrected chi connectivity index (χ1v) is 10.7. The number of carbonyl (C=O) groups excluding carboxylic acids is 2. The fourth-order valence-electron chi connectivity index (χ4n) is 3.70. The van der Waals surface area contributed by atoms with Crippen molar-refractivity contribution in [3.8, 4) is 11.4 Å². The van der Waals surface area contributed by atoms with E-state index in [-0.39, 0.29) is 11.8 Å². The van der Waals surface area contributed by atoms with E-state index in [9.17, 15) is 9.59 Å². The molecule has 0 aliphatic carbocycles. The molecule has 2 amide bonds. The van der Waals surface area contributed by atoms with Crippen LogP contribution in [0.15, 0.2) is 60.7 Å². The molecule has 0 radical (unpaired) electrons. The number of benzene rings is 2. The second kappa shape index (κ2) is 9.97. The number of hydrogen-bond acceptors (Lipinski definition) is 5. The van der Waals surface area contributed by atoms with Gasteiger partial charge in [0.15, 0.2) is 0 Å². The zero-order valence-electron chi connectivity index (χ0n) is 17.4. The van der Waals surface area contributed by atoms with E-state index in [1.165, 1.54) is 4.80 Å². The fourth-order valence-corrected chi connectivity index (χ4v) is 3.70. The molecule has 0 N–H and O–H groups in total. The molecule has 1 saturated heterocycles. The highest BCUT2D eigenvalue weighted by Crippen LogP contribution is 2.13. The maximum atomic E-state index is 12.7. The van der Waals surface area contributed by atoms with Crippen molar-refractivity contribution in [1.82, 2.24) is 30.0 Å². The van der Waals surface area contributed by atoms with Gasteiger partial charge in [-0.3, -0.25) is 9.59 Å². The third-order valence-electron chi connectivity index (χ3n) is 5.39. The molecule has 0 saturated carbocycles. The van der Waals surface area contributed by atoms with Gasteiger partial charge in [-0.25, -0.2) is 0 Å². The third-order valence-corrected chi connectivity index (χ3v) is 5.39. The Hall–Kier alpha value is -3.55. The lowest BCUT2D eigenvalue weighted by Crippen LogP contribution is -2.37. The summed E-state index contributed by atoms with van der Waals surface area (Å²) in [4.78, 5) is 30.6. The first-order chi connectivity index (χ1) is 15.2. The zero-order valence-corrected chi connectivity index (χ0v) is 17.4. The highest BCUT2D eigenvalue weighted by atomic mass is 16.2. The minimum atomic E-state index is 0.0291. The van der Waals surface area contributed by atoms with Gasteiger partial charge in [-0.15, -0.1) is 10.2 Å². The normalized spacial score (nSPS) is 14.3. The van der Waals surface area contributed by atoms with Gasteiger partial charge in [0.25, 0.3) is 5.91 Å². The Morgan fingerprint density at radius 2 is 1.52 bits per heavy atom. The lowest BCUT2D eigenvalue weighted by molar-refractivity contribution is -0.131. The summed E-state index contributed by atoms with van der Waals surface area (Å²) in [7, 11) is 0. The summed E-state index contributed by atoms with van der Waals surface area (Å²) >= 11 is 0. The Labute approximate surface area is 181 Å². The average Bonchev–Trinajstić information content (AvgIpc) is 3.15. The highest BCUT2D eigenvalue weighted by molar-refractivity contribution is 5.94. The molecule has 31 heavy (non-hydrogen) atoms. The zero-order chi connectivity index (χ0) is 21.5. The van der Waals surface area contributed by atoms with Crippen LogP contribution in [0.5, 0.6) is 0 Å². The number of aryl methyl sites for hydroxylation is 1.